The third-order valence-corrected chi connectivity index (χ3v) is 2.96. The highest BCUT2D eigenvalue weighted by atomic mass is 16.6. The van der Waals surface area contributed by atoms with E-state index in [0.29, 0.717) is 12.5 Å². The highest BCUT2D eigenvalue weighted by molar-refractivity contribution is 5.33. The highest BCUT2D eigenvalue weighted by Crippen LogP contribution is 2.29. The van der Waals surface area contributed by atoms with Gasteiger partial charge in [0.15, 0.2) is 6.61 Å². The summed E-state index contributed by atoms with van der Waals surface area (Å²) in [7, 11) is 0. The molecule has 2 unspecified atom stereocenters. The number of rotatable bonds is 5. The first-order chi connectivity index (χ1) is 7.38. The van der Waals surface area contributed by atoms with E-state index < -0.39 is 0 Å². The topological polar surface area (TPSA) is 43.0 Å². The SMILES string of the molecule is [C-]#[N+]OCCCC1CCCCC1N=C=O. The summed E-state index contributed by atoms with van der Waals surface area (Å²) in [4.78, 5) is 18.7. The molecule has 4 heteroatoms. The van der Waals surface area contributed by atoms with Crippen LogP contribution in [-0.2, 0) is 9.63 Å². The molecule has 1 fully saturated rings. The van der Waals surface area contributed by atoms with Gasteiger partial charge < -0.3 is 0 Å². The highest BCUT2D eigenvalue weighted by Gasteiger charge is 2.24. The lowest BCUT2D eigenvalue weighted by Crippen LogP contribution is -2.23. The van der Waals surface area contributed by atoms with Crippen molar-refractivity contribution in [2.24, 2.45) is 10.9 Å². The summed E-state index contributed by atoms with van der Waals surface area (Å²) >= 11 is 0. The second kappa shape index (κ2) is 7.03. The first-order valence-corrected chi connectivity index (χ1v) is 5.44. The van der Waals surface area contributed by atoms with Crippen molar-refractivity contribution >= 4 is 6.08 Å². The Kier molecular flexibility index (Phi) is 5.50. The Balaban J connectivity index is 2.30. The summed E-state index contributed by atoms with van der Waals surface area (Å²) in [6, 6.07) is 0.157. The van der Waals surface area contributed by atoms with E-state index in [1.165, 1.54) is 6.42 Å². The van der Waals surface area contributed by atoms with Gasteiger partial charge in [0, 0.05) is 0 Å². The van der Waals surface area contributed by atoms with Gasteiger partial charge in [-0.3, -0.25) is 0 Å². The van der Waals surface area contributed by atoms with E-state index in [1.807, 2.05) is 0 Å². The molecule has 82 valence electrons. The smallest absolute Gasteiger partial charge is 0.211 e. The lowest BCUT2D eigenvalue weighted by atomic mass is 9.82. The van der Waals surface area contributed by atoms with E-state index >= 15 is 0 Å². The Bertz CT molecular complexity index is 266. The molecule has 15 heavy (non-hydrogen) atoms. The molecule has 0 radical (unpaired) electrons. The summed E-state index contributed by atoms with van der Waals surface area (Å²) in [6.07, 6.45) is 8.04. The van der Waals surface area contributed by atoms with Gasteiger partial charge in [-0.2, -0.15) is 11.4 Å². The molecule has 1 saturated carbocycles. The Morgan fingerprint density at radius 3 is 3.00 bits per heavy atom. The van der Waals surface area contributed by atoms with Crippen molar-refractivity contribution in [3.8, 4) is 0 Å². The van der Waals surface area contributed by atoms with Gasteiger partial charge in [0.05, 0.1) is 6.04 Å². The number of hydrogen-bond donors (Lipinski definition) is 0. The molecule has 0 spiro atoms. The summed E-state index contributed by atoms with van der Waals surface area (Å²) < 4.78 is 0. The molecule has 0 aromatic rings. The first kappa shape index (κ1) is 11.7. The molecule has 0 aromatic heterocycles. The van der Waals surface area contributed by atoms with Crippen molar-refractivity contribution in [3.63, 3.8) is 0 Å². The minimum Gasteiger partial charge on any atom is -0.211 e. The van der Waals surface area contributed by atoms with Gasteiger partial charge in [-0.05, 0) is 36.6 Å². The fourth-order valence-corrected chi connectivity index (χ4v) is 2.22. The average molecular weight is 208 g/mol. The molecule has 0 bridgehead atoms. The molecule has 1 aliphatic rings. The molecular weight excluding hydrogens is 192 g/mol. The van der Waals surface area contributed by atoms with Crippen LogP contribution < -0.4 is 0 Å². The molecule has 0 aromatic carbocycles. The molecular formula is C11H16N2O2. The van der Waals surface area contributed by atoms with Crippen molar-refractivity contribution in [3.05, 3.63) is 11.6 Å². The number of hydrogen-bond acceptors (Lipinski definition) is 3. The monoisotopic (exact) mass is 208 g/mol. The zero-order valence-electron chi connectivity index (χ0n) is 8.82. The van der Waals surface area contributed by atoms with E-state index in [9.17, 15) is 4.79 Å². The molecule has 0 aliphatic heterocycles. The van der Waals surface area contributed by atoms with Crippen LogP contribution in [0.15, 0.2) is 4.99 Å². The van der Waals surface area contributed by atoms with Gasteiger partial charge in [-0.25, -0.2) is 9.79 Å². The molecule has 0 N–H and O–H groups in total. The van der Waals surface area contributed by atoms with Crippen LogP contribution >= 0.6 is 0 Å². The predicted molar refractivity (Wildman–Crippen MR) is 55.7 cm³/mol. The second-order valence-corrected chi connectivity index (χ2v) is 3.90. The van der Waals surface area contributed by atoms with Crippen LogP contribution in [-0.4, -0.2) is 18.7 Å². The van der Waals surface area contributed by atoms with E-state index in [4.69, 9.17) is 6.57 Å². The first-order valence-electron chi connectivity index (χ1n) is 5.44. The van der Waals surface area contributed by atoms with E-state index in [2.05, 4.69) is 14.8 Å². The van der Waals surface area contributed by atoms with Crippen LogP contribution in [0.3, 0.4) is 0 Å². The van der Waals surface area contributed by atoms with Crippen LogP contribution in [0.2, 0.25) is 0 Å². The van der Waals surface area contributed by atoms with Gasteiger partial charge in [-0.15, -0.1) is 0 Å². The quantitative estimate of drug-likeness (QED) is 0.229. The maximum absolute atomic E-state index is 10.2. The predicted octanol–water partition coefficient (Wildman–Crippen LogP) is 2.51. The van der Waals surface area contributed by atoms with Crippen LogP contribution in [0.4, 0.5) is 0 Å². The Labute approximate surface area is 90.1 Å². The van der Waals surface area contributed by atoms with Crippen molar-refractivity contribution in [2.45, 2.75) is 44.6 Å². The maximum Gasteiger partial charge on any atom is 0.235 e. The summed E-state index contributed by atoms with van der Waals surface area (Å²) in [6.45, 7) is 6.95. The zero-order valence-corrected chi connectivity index (χ0v) is 8.82. The minimum atomic E-state index is 0.157. The van der Waals surface area contributed by atoms with Crippen LogP contribution in [0.1, 0.15) is 38.5 Å². The molecule has 1 aliphatic carbocycles. The lowest BCUT2D eigenvalue weighted by Gasteiger charge is -2.27. The summed E-state index contributed by atoms with van der Waals surface area (Å²) in [5, 5.41) is 2.84. The summed E-state index contributed by atoms with van der Waals surface area (Å²) in [5.74, 6) is 0.481. The normalized spacial score (nSPS) is 25.0. The molecule has 2 atom stereocenters. The van der Waals surface area contributed by atoms with Gasteiger partial charge in [0.25, 0.3) is 0 Å². The number of isocyanates is 1. The molecule has 1 rings (SSSR count). The standard InChI is InChI=1S/C11H16N2O2/c1-12-15-8-4-6-10-5-2-3-7-11(10)13-9-14/h10-11H,2-8H2. The molecule has 0 saturated heterocycles. The summed E-state index contributed by atoms with van der Waals surface area (Å²) in [5.41, 5.74) is 0. The van der Waals surface area contributed by atoms with Crippen molar-refractivity contribution < 1.29 is 9.63 Å². The third-order valence-electron chi connectivity index (χ3n) is 2.96. The van der Waals surface area contributed by atoms with Gasteiger partial charge in [0.1, 0.15) is 0 Å². The van der Waals surface area contributed by atoms with Gasteiger partial charge >= 0.3 is 0 Å². The van der Waals surface area contributed by atoms with Crippen molar-refractivity contribution in [1.82, 2.24) is 0 Å². The van der Waals surface area contributed by atoms with Gasteiger partial charge in [0.2, 0.25) is 6.08 Å². The van der Waals surface area contributed by atoms with Crippen LogP contribution in [0.5, 0.6) is 0 Å². The molecule has 0 amide bonds. The fourth-order valence-electron chi connectivity index (χ4n) is 2.22. The molecule has 4 nitrogen and oxygen atoms in total. The second-order valence-electron chi connectivity index (χ2n) is 3.90. The largest absolute Gasteiger partial charge is 0.235 e. The Morgan fingerprint density at radius 1 is 1.47 bits per heavy atom. The third kappa shape index (κ3) is 4.14. The molecule has 0 heterocycles. The minimum absolute atomic E-state index is 0.157. The number of aliphatic imine (C=N–C) groups is 1. The fraction of sp³-hybridized carbons (Fsp3) is 0.818. The van der Waals surface area contributed by atoms with Crippen LogP contribution in [0, 0.1) is 12.5 Å². The Hall–Kier alpha value is -1.33. The van der Waals surface area contributed by atoms with Crippen molar-refractivity contribution in [1.29, 1.82) is 0 Å². The van der Waals surface area contributed by atoms with E-state index in [1.54, 1.807) is 6.08 Å². The van der Waals surface area contributed by atoms with Gasteiger partial charge in [-0.1, -0.05) is 12.8 Å². The zero-order chi connectivity index (χ0) is 10.9. The Morgan fingerprint density at radius 2 is 2.27 bits per heavy atom. The lowest BCUT2D eigenvalue weighted by molar-refractivity contribution is 0.210. The average Bonchev–Trinajstić information content (AvgIpc) is 2.27. The van der Waals surface area contributed by atoms with E-state index in [0.717, 1.165) is 32.1 Å². The van der Waals surface area contributed by atoms with Crippen LogP contribution in [0.25, 0.3) is 5.01 Å². The van der Waals surface area contributed by atoms with Crippen molar-refractivity contribution in [2.75, 3.05) is 6.61 Å². The van der Waals surface area contributed by atoms with E-state index in [-0.39, 0.29) is 6.04 Å². The number of carbonyl (C=O) groups excluding carboxylic acids is 1. The number of nitrogens with zero attached hydrogens (tertiary/aromatic N) is 2. The maximum atomic E-state index is 10.2.